The summed E-state index contributed by atoms with van der Waals surface area (Å²) in [7, 11) is 0. The number of aliphatic hydroxyl groups excluding tert-OH is 8. The number of nitrogens with zero attached hydrogens (tertiary/aromatic N) is 2. The summed E-state index contributed by atoms with van der Waals surface area (Å²) in [6.45, 7) is -2.35. The smallest absolute Gasteiger partial charge is 0.351 e. The SMILES string of the molecule is Nc1c([C@@]2(O)O[C@H](CO[C@H]3O[C@H](CO)[C@@H](O)[C@H](O)[C@H]3O)[C@@H](O)[C@H](O)[C@H]2O)cnc(=O)n1CO. The molecule has 0 radical (unpaired) electrons. The maximum atomic E-state index is 11.7. The Bertz CT molecular complexity index is 884. The minimum atomic E-state index is -2.83. The van der Waals surface area contributed by atoms with Gasteiger partial charge in [0, 0.05) is 6.20 Å². The Kier molecular flexibility index (Phi) is 7.68. The van der Waals surface area contributed by atoms with Gasteiger partial charge < -0.3 is 65.9 Å². The Morgan fingerprint density at radius 1 is 1.03 bits per heavy atom. The summed E-state index contributed by atoms with van der Waals surface area (Å²) < 4.78 is 16.3. The number of ether oxygens (including phenoxy) is 3. The monoisotopic (exact) mass is 481 g/mol. The fourth-order valence-corrected chi connectivity index (χ4v) is 3.68. The second-order valence-electron chi connectivity index (χ2n) is 7.72. The predicted octanol–water partition coefficient (Wildman–Crippen LogP) is -6.78. The summed E-state index contributed by atoms with van der Waals surface area (Å²) in [6.07, 6.45) is -15.0. The molecule has 0 aromatic carbocycles. The minimum Gasteiger partial charge on any atom is -0.394 e. The molecule has 0 saturated carbocycles. The van der Waals surface area contributed by atoms with Gasteiger partial charge in [-0.25, -0.2) is 9.78 Å². The largest absolute Gasteiger partial charge is 0.394 e. The molecule has 10 atom stereocenters. The van der Waals surface area contributed by atoms with Gasteiger partial charge in [-0.1, -0.05) is 0 Å². The topological polar surface area (TPSA) is 271 Å². The Hall–Kier alpha value is -1.80. The summed E-state index contributed by atoms with van der Waals surface area (Å²) in [5.41, 5.74) is 4.29. The molecule has 0 aliphatic carbocycles. The van der Waals surface area contributed by atoms with Crippen molar-refractivity contribution in [1.29, 1.82) is 0 Å². The first-order valence-electron chi connectivity index (χ1n) is 9.81. The van der Waals surface area contributed by atoms with Crippen LogP contribution in [0.25, 0.3) is 0 Å². The van der Waals surface area contributed by atoms with Crippen LogP contribution in [0.3, 0.4) is 0 Å². The zero-order valence-electron chi connectivity index (χ0n) is 17.0. The average Bonchev–Trinajstić information content (AvgIpc) is 2.79. The number of aromatic nitrogens is 2. The van der Waals surface area contributed by atoms with Crippen molar-refractivity contribution in [3.63, 3.8) is 0 Å². The average molecular weight is 481 g/mol. The Balaban J connectivity index is 1.84. The number of nitrogen functional groups attached to an aromatic ring is 1. The van der Waals surface area contributed by atoms with Crippen molar-refractivity contribution >= 4 is 5.82 Å². The highest BCUT2D eigenvalue weighted by Crippen LogP contribution is 2.38. The molecular weight excluding hydrogens is 454 g/mol. The van der Waals surface area contributed by atoms with Gasteiger partial charge >= 0.3 is 5.69 Å². The molecule has 188 valence electrons. The fourth-order valence-electron chi connectivity index (χ4n) is 3.68. The molecule has 11 N–H and O–H groups in total. The molecule has 0 spiro atoms. The van der Waals surface area contributed by atoms with Gasteiger partial charge in [-0.15, -0.1) is 0 Å². The normalized spacial score (nSPS) is 41.8. The minimum absolute atomic E-state index is 0.507. The molecule has 2 aliphatic rings. The van der Waals surface area contributed by atoms with Gasteiger partial charge in [-0.05, 0) is 0 Å². The van der Waals surface area contributed by atoms with Crippen molar-refractivity contribution < 1.29 is 60.2 Å². The second kappa shape index (κ2) is 9.82. The molecule has 2 aliphatic heterocycles. The number of nitrogens with two attached hydrogens (primary N) is 1. The van der Waals surface area contributed by atoms with Gasteiger partial charge in [0.2, 0.25) is 5.79 Å². The lowest BCUT2D eigenvalue weighted by Gasteiger charge is -2.46. The van der Waals surface area contributed by atoms with Gasteiger partial charge in [-0.2, -0.15) is 0 Å². The molecule has 16 heteroatoms. The van der Waals surface area contributed by atoms with E-state index >= 15 is 0 Å². The first kappa shape index (κ1) is 25.8. The van der Waals surface area contributed by atoms with E-state index in [9.17, 15) is 50.8 Å². The van der Waals surface area contributed by atoms with Crippen LogP contribution in [0.4, 0.5) is 5.82 Å². The third kappa shape index (κ3) is 4.48. The summed E-state index contributed by atoms with van der Waals surface area (Å²) in [5.74, 6) is -3.37. The summed E-state index contributed by atoms with van der Waals surface area (Å²) >= 11 is 0. The number of rotatable bonds is 6. The van der Waals surface area contributed by atoms with Crippen LogP contribution in [0, 0.1) is 0 Å². The molecule has 3 heterocycles. The lowest BCUT2D eigenvalue weighted by molar-refractivity contribution is -0.369. The Morgan fingerprint density at radius 2 is 1.67 bits per heavy atom. The maximum absolute atomic E-state index is 11.7. The molecule has 0 amide bonds. The molecule has 1 aromatic rings. The molecule has 0 bridgehead atoms. The summed E-state index contributed by atoms with van der Waals surface area (Å²) in [4.78, 5) is 15.1. The Morgan fingerprint density at radius 3 is 2.27 bits per heavy atom. The number of aliphatic hydroxyl groups is 9. The van der Waals surface area contributed by atoms with Crippen LogP contribution in [0.2, 0.25) is 0 Å². The van der Waals surface area contributed by atoms with E-state index in [2.05, 4.69) is 4.98 Å². The van der Waals surface area contributed by atoms with Crippen molar-refractivity contribution in [2.24, 2.45) is 0 Å². The van der Waals surface area contributed by atoms with Crippen molar-refractivity contribution in [2.75, 3.05) is 18.9 Å². The quantitative estimate of drug-likeness (QED) is 0.181. The molecule has 1 aromatic heterocycles. The molecule has 33 heavy (non-hydrogen) atoms. The zero-order valence-corrected chi connectivity index (χ0v) is 17.0. The standard InChI is InChI=1S/C17H27N3O13/c18-14-5(1-19-16(29)20(14)4-22)17(30)13(28)11(26)9(24)7(33-17)3-31-15-12(27)10(25)8(23)6(2-21)32-15/h1,6-13,15,21-28,30H,2-4,18H2/t6-,7-,8-,9-,10+,11+,12-,13-,15+,17-/m1/s1. The van der Waals surface area contributed by atoms with Crippen LogP contribution in [-0.4, -0.2) is 124 Å². The lowest BCUT2D eigenvalue weighted by Crippen LogP contribution is -2.64. The van der Waals surface area contributed by atoms with Crippen LogP contribution < -0.4 is 11.4 Å². The Labute approximate surface area is 185 Å². The van der Waals surface area contributed by atoms with E-state index in [0.717, 1.165) is 6.20 Å². The van der Waals surface area contributed by atoms with E-state index in [0.29, 0.717) is 4.57 Å². The molecule has 2 fully saturated rings. The van der Waals surface area contributed by atoms with Gasteiger partial charge in [-0.3, -0.25) is 4.57 Å². The van der Waals surface area contributed by atoms with E-state index in [1.165, 1.54) is 0 Å². The zero-order chi connectivity index (χ0) is 24.7. The van der Waals surface area contributed by atoms with Gasteiger partial charge in [0.05, 0.1) is 18.8 Å². The van der Waals surface area contributed by atoms with Crippen LogP contribution in [0.15, 0.2) is 11.0 Å². The van der Waals surface area contributed by atoms with E-state index < -0.39 is 97.9 Å². The van der Waals surface area contributed by atoms with Crippen LogP contribution in [0.5, 0.6) is 0 Å². The number of hydrogen-bond acceptors (Lipinski definition) is 15. The molecule has 2 saturated heterocycles. The third-order valence-corrected chi connectivity index (χ3v) is 5.69. The summed E-state index contributed by atoms with van der Waals surface area (Å²) in [5, 5.41) is 90.2. The van der Waals surface area contributed by atoms with Gasteiger partial charge in [0.25, 0.3) is 0 Å². The van der Waals surface area contributed by atoms with Gasteiger partial charge in [0.15, 0.2) is 6.29 Å². The van der Waals surface area contributed by atoms with E-state index in [4.69, 9.17) is 19.9 Å². The third-order valence-electron chi connectivity index (χ3n) is 5.69. The highest BCUT2D eigenvalue weighted by molar-refractivity contribution is 5.42. The van der Waals surface area contributed by atoms with Crippen LogP contribution >= 0.6 is 0 Å². The number of anilines is 1. The molecule has 3 rings (SSSR count). The van der Waals surface area contributed by atoms with Crippen molar-refractivity contribution in [1.82, 2.24) is 9.55 Å². The van der Waals surface area contributed by atoms with Crippen molar-refractivity contribution in [3.8, 4) is 0 Å². The van der Waals surface area contributed by atoms with E-state index in [1.807, 2.05) is 0 Å². The fraction of sp³-hybridized carbons (Fsp3) is 0.765. The molecule has 0 unspecified atom stereocenters. The number of hydrogen-bond donors (Lipinski definition) is 10. The predicted molar refractivity (Wildman–Crippen MR) is 102 cm³/mol. The van der Waals surface area contributed by atoms with Crippen LogP contribution in [0.1, 0.15) is 5.56 Å². The van der Waals surface area contributed by atoms with Gasteiger partial charge in [0.1, 0.15) is 61.4 Å². The second-order valence-corrected chi connectivity index (χ2v) is 7.72. The lowest BCUT2D eigenvalue weighted by atomic mass is 9.89. The highest BCUT2D eigenvalue weighted by atomic mass is 16.7. The highest BCUT2D eigenvalue weighted by Gasteiger charge is 2.55. The maximum Gasteiger partial charge on any atom is 0.351 e. The van der Waals surface area contributed by atoms with E-state index in [-0.39, 0.29) is 0 Å². The molecule has 16 nitrogen and oxygen atoms in total. The van der Waals surface area contributed by atoms with Crippen molar-refractivity contribution in [2.45, 2.75) is 67.6 Å². The van der Waals surface area contributed by atoms with Crippen LogP contribution in [-0.2, 0) is 26.7 Å². The van der Waals surface area contributed by atoms with Crippen molar-refractivity contribution in [3.05, 3.63) is 22.2 Å². The first-order valence-corrected chi connectivity index (χ1v) is 9.81. The van der Waals surface area contributed by atoms with E-state index in [1.54, 1.807) is 0 Å². The summed E-state index contributed by atoms with van der Waals surface area (Å²) in [6, 6.07) is 0. The molecular formula is C17H27N3O13. The first-order chi connectivity index (χ1) is 15.5.